The number of carbonyl (C=O) groups is 1. The Morgan fingerprint density at radius 3 is 2.48 bits per heavy atom. The summed E-state index contributed by atoms with van der Waals surface area (Å²) in [7, 11) is 0. The van der Waals surface area contributed by atoms with Gasteiger partial charge in [0.15, 0.2) is 0 Å². The molecule has 0 saturated carbocycles. The highest BCUT2D eigenvalue weighted by atomic mass is 16.2. The molecule has 1 aromatic heterocycles. The summed E-state index contributed by atoms with van der Waals surface area (Å²) < 4.78 is 0. The number of nitrogens with zero attached hydrogens (tertiary/aromatic N) is 5. The SMILES string of the molecule is Cc1ccccc1CC(=O)N1CCN(c2cc(N3CCCC(C)C3)ncn2)CC1. The molecule has 0 radical (unpaired) electrons. The van der Waals surface area contributed by atoms with E-state index in [0.29, 0.717) is 12.3 Å². The fraction of sp³-hybridized carbons (Fsp3) is 0.522. The van der Waals surface area contributed by atoms with Crippen LogP contribution in [0.2, 0.25) is 0 Å². The Hall–Kier alpha value is -2.63. The van der Waals surface area contributed by atoms with Crippen LogP contribution in [0.1, 0.15) is 30.9 Å². The predicted molar refractivity (Wildman–Crippen MR) is 116 cm³/mol. The summed E-state index contributed by atoms with van der Waals surface area (Å²) in [5.41, 5.74) is 2.30. The monoisotopic (exact) mass is 393 g/mol. The number of amides is 1. The predicted octanol–water partition coefficient (Wildman–Crippen LogP) is 2.91. The zero-order valence-electron chi connectivity index (χ0n) is 17.5. The van der Waals surface area contributed by atoms with Crippen LogP contribution in [0, 0.1) is 12.8 Å². The summed E-state index contributed by atoms with van der Waals surface area (Å²) in [5, 5.41) is 0. The summed E-state index contributed by atoms with van der Waals surface area (Å²) in [6.45, 7) is 9.62. The first kappa shape index (κ1) is 19.7. The molecule has 154 valence electrons. The summed E-state index contributed by atoms with van der Waals surface area (Å²) in [6, 6.07) is 10.2. The number of hydrogen-bond acceptors (Lipinski definition) is 5. The van der Waals surface area contributed by atoms with Crippen LogP contribution in [0.5, 0.6) is 0 Å². The van der Waals surface area contributed by atoms with Crippen molar-refractivity contribution in [3.63, 3.8) is 0 Å². The minimum Gasteiger partial charge on any atom is -0.356 e. The van der Waals surface area contributed by atoms with Crippen LogP contribution < -0.4 is 9.80 Å². The van der Waals surface area contributed by atoms with Crippen LogP contribution in [0.4, 0.5) is 11.6 Å². The molecule has 6 nitrogen and oxygen atoms in total. The Morgan fingerprint density at radius 1 is 1.03 bits per heavy atom. The second-order valence-electron chi connectivity index (χ2n) is 8.40. The van der Waals surface area contributed by atoms with Gasteiger partial charge in [0.1, 0.15) is 18.0 Å². The van der Waals surface area contributed by atoms with Crippen molar-refractivity contribution in [3.8, 4) is 0 Å². The number of rotatable bonds is 4. The minimum absolute atomic E-state index is 0.213. The van der Waals surface area contributed by atoms with E-state index in [1.54, 1.807) is 6.33 Å². The molecule has 1 amide bonds. The zero-order chi connectivity index (χ0) is 20.2. The lowest BCUT2D eigenvalue weighted by molar-refractivity contribution is -0.130. The van der Waals surface area contributed by atoms with Crippen LogP contribution in [0.15, 0.2) is 36.7 Å². The van der Waals surface area contributed by atoms with Crippen LogP contribution in [0.3, 0.4) is 0 Å². The van der Waals surface area contributed by atoms with E-state index in [1.165, 1.54) is 18.4 Å². The van der Waals surface area contributed by atoms with E-state index in [0.717, 1.165) is 56.5 Å². The zero-order valence-corrected chi connectivity index (χ0v) is 17.5. The third-order valence-electron chi connectivity index (χ3n) is 6.18. The normalized spacial score (nSPS) is 20.1. The average Bonchev–Trinajstić information content (AvgIpc) is 2.75. The molecule has 2 aromatic rings. The van der Waals surface area contributed by atoms with Gasteiger partial charge in [0, 0.05) is 45.3 Å². The highest BCUT2D eigenvalue weighted by molar-refractivity contribution is 5.79. The average molecular weight is 394 g/mol. The Balaban J connectivity index is 1.35. The maximum atomic E-state index is 12.7. The molecule has 29 heavy (non-hydrogen) atoms. The number of hydrogen-bond donors (Lipinski definition) is 0. The van der Waals surface area contributed by atoms with Gasteiger partial charge in [0.05, 0.1) is 6.42 Å². The van der Waals surface area contributed by atoms with Crippen LogP contribution in [0.25, 0.3) is 0 Å². The van der Waals surface area contributed by atoms with Crippen molar-refractivity contribution >= 4 is 17.5 Å². The highest BCUT2D eigenvalue weighted by Gasteiger charge is 2.24. The molecule has 2 fully saturated rings. The van der Waals surface area contributed by atoms with Gasteiger partial charge in [-0.3, -0.25) is 4.79 Å². The van der Waals surface area contributed by atoms with E-state index in [4.69, 9.17) is 0 Å². The Bertz CT molecular complexity index is 847. The van der Waals surface area contributed by atoms with Crippen molar-refractivity contribution < 1.29 is 4.79 Å². The largest absolute Gasteiger partial charge is 0.356 e. The maximum Gasteiger partial charge on any atom is 0.227 e. The van der Waals surface area contributed by atoms with Crippen molar-refractivity contribution in [1.29, 1.82) is 0 Å². The van der Waals surface area contributed by atoms with Gasteiger partial charge in [0.25, 0.3) is 0 Å². The second kappa shape index (κ2) is 8.80. The van der Waals surface area contributed by atoms with Gasteiger partial charge in [-0.05, 0) is 36.8 Å². The van der Waals surface area contributed by atoms with Crippen molar-refractivity contribution in [2.45, 2.75) is 33.1 Å². The molecular weight excluding hydrogens is 362 g/mol. The summed E-state index contributed by atoms with van der Waals surface area (Å²) >= 11 is 0. The first-order chi connectivity index (χ1) is 14.1. The maximum absolute atomic E-state index is 12.7. The smallest absolute Gasteiger partial charge is 0.227 e. The number of benzene rings is 1. The van der Waals surface area contributed by atoms with E-state index in [-0.39, 0.29) is 5.91 Å². The van der Waals surface area contributed by atoms with E-state index in [1.807, 2.05) is 23.1 Å². The first-order valence-corrected chi connectivity index (χ1v) is 10.7. The molecule has 0 N–H and O–H groups in total. The molecule has 2 saturated heterocycles. The molecule has 2 aliphatic rings. The van der Waals surface area contributed by atoms with Gasteiger partial charge in [-0.15, -0.1) is 0 Å². The molecule has 4 rings (SSSR count). The Morgan fingerprint density at radius 2 is 1.76 bits per heavy atom. The molecule has 6 heteroatoms. The Kier molecular flexibility index (Phi) is 5.97. The number of carbonyl (C=O) groups excluding carboxylic acids is 1. The van der Waals surface area contributed by atoms with Crippen LogP contribution in [-0.2, 0) is 11.2 Å². The highest BCUT2D eigenvalue weighted by Crippen LogP contribution is 2.24. The van der Waals surface area contributed by atoms with E-state index < -0.39 is 0 Å². The third-order valence-corrected chi connectivity index (χ3v) is 6.18. The van der Waals surface area contributed by atoms with Crippen molar-refractivity contribution in [3.05, 3.63) is 47.8 Å². The van der Waals surface area contributed by atoms with Crippen molar-refractivity contribution in [2.24, 2.45) is 5.92 Å². The molecule has 1 atom stereocenters. The number of piperidine rings is 1. The van der Waals surface area contributed by atoms with Crippen LogP contribution >= 0.6 is 0 Å². The fourth-order valence-electron chi connectivity index (χ4n) is 4.35. The molecule has 0 spiro atoms. The quantitative estimate of drug-likeness (QED) is 0.799. The van der Waals surface area contributed by atoms with E-state index in [2.05, 4.69) is 45.7 Å². The van der Waals surface area contributed by atoms with Gasteiger partial charge < -0.3 is 14.7 Å². The first-order valence-electron chi connectivity index (χ1n) is 10.7. The Labute approximate surface area is 173 Å². The molecule has 0 bridgehead atoms. The van der Waals surface area contributed by atoms with Gasteiger partial charge >= 0.3 is 0 Å². The van der Waals surface area contributed by atoms with Crippen LogP contribution in [-0.4, -0.2) is 60.0 Å². The summed E-state index contributed by atoms with van der Waals surface area (Å²) in [4.78, 5) is 28.4. The molecule has 0 aliphatic carbocycles. The number of anilines is 2. The topological polar surface area (TPSA) is 52.6 Å². The van der Waals surface area contributed by atoms with Gasteiger partial charge in [-0.1, -0.05) is 31.2 Å². The molecule has 1 aromatic carbocycles. The van der Waals surface area contributed by atoms with E-state index >= 15 is 0 Å². The lowest BCUT2D eigenvalue weighted by Gasteiger charge is -2.36. The second-order valence-corrected chi connectivity index (χ2v) is 8.40. The molecule has 1 unspecified atom stereocenters. The lowest BCUT2D eigenvalue weighted by Crippen LogP contribution is -2.49. The molecular formula is C23H31N5O. The van der Waals surface area contributed by atoms with Gasteiger partial charge in [-0.2, -0.15) is 0 Å². The number of aromatic nitrogens is 2. The van der Waals surface area contributed by atoms with Crippen molar-refractivity contribution in [2.75, 3.05) is 49.1 Å². The molecule has 3 heterocycles. The lowest BCUT2D eigenvalue weighted by atomic mass is 10.0. The van der Waals surface area contributed by atoms with Gasteiger partial charge in [0.2, 0.25) is 5.91 Å². The van der Waals surface area contributed by atoms with Gasteiger partial charge in [-0.25, -0.2) is 9.97 Å². The fourth-order valence-corrected chi connectivity index (χ4v) is 4.35. The summed E-state index contributed by atoms with van der Waals surface area (Å²) in [5.74, 6) is 2.92. The summed E-state index contributed by atoms with van der Waals surface area (Å²) in [6.07, 6.45) is 4.69. The van der Waals surface area contributed by atoms with Crippen molar-refractivity contribution in [1.82, 2.24) is 14.9 Å². The third kappa shape index (κ3) is 4.69. The molecule has 2 aliphatic heterocycles. The van der Waals surface area contributed by atoms with E-state index in [9.17, 15) is 4.79 Å². The number of piperazine rings is 1. The minimum atomic E-state index is 0.213. The standard InChI is InChI=1S/C23H31N5O/c1-18-6-5-9-28(16-18)22-15-21(24-17-25-22)26-10-12-27(13-11-26)23(29)14-20-8-4-3-7-19(20)2/h3-4,7-8,15,17-18H,5-6,9-14,16H2,1-2H3. The number of aryl methyl sites for hydroxylation is 1.